The van der Waals surface area contributed by atoms with Gasteiger partial charge >= 0.3 is 0 Å². The lowest BCUT2D eigenvalue weighted by molar-refractivity contribution is 0.217. The molecule has 0 unspecified atom stereocenters. The summed E-state index contributed by atoms with van der Waals surface area (Å²) in [6.45, 7) is 9.53. The number of hydrogen-bond donors (Lipinski definition) is 1. The predicted octanol–water partition coefficient (Wildman–Crippen LogP) is 4.33. The van der Waals surface area contributed by atoms with E-state index in [2.05, 4.69) is 32.9 Å². The number of aryl methyl sites for hydroxylation is 1. The van der Waals surface area contributed by atoms with Gasteiger partial charge in [0.15, 0.2) is 0 Å². The molecule has 2 aromatic carbocycles. The van der Waals surface area contributed by atoms with Crippen LogP contribution in [0.15, 0.2) is 42.5 Å². The Bertz CT molecular complexity index is 630. The zero-order valence-electron chi connectivity index (χ0n) is 13.8. The number of rotatable bonds is 5. The molecule has 3 heteroatoms. The fourth-order valence-corrected chi connectivity index (χ4v) is 2.16. The van der Waals surface area contributed by atoms with Crippen LogP contribution in [-0.2, 0) is 5.41 Å². The summed E-state index contributed by atoms with van der Waals surface area (Å²) in [5.74, 6) is 1.57. The molecular formula is C19H25NO2. The minimum absolute atomic E-state index is 0.117. The molecular weight excluding hydrogens is 274 g/mol. The van der Waals surface area contributed by atoms with E-state index in [9.17, 15) is 0 Å². The Hall–Kier alpha value is -2.16. The van der Waals surface area contributed by atoms with Crippen molar-refractivity contribution in [2.75, 3.05) is 18.9 Å². The lowest BCUT2D eigenvalue weighted by Crippen LogP contribution is -2.12. The van der Waals surface area contributed by atoms with Crippen LogP contribution in [0.2, 0.25) is 0 Å². The van der Waals surface area contributed by atoms with E-state index in [1.807, 2.05) is 37.3 Å². The molecule has 2 N–H and O–H groups in total. The summed E-state index contributed by atoms with van der Waals surface area (Å²) in [5, 5.41) is 0. The maximum Gasteiger partial charge on any atom is 0.142 e. The third-order valence-electron chi connectivity index (χ3n) is 3.47. The minimum atomic E-state index is 0.117. The lowest BCUT2D eigenvalue weighted by Gasteiger charge is -2.19. The average molecular weight is 299 g/mol. The van der Waals surface area contributed by atoms with Crippen LogP contribution in [0.4, 0.5) is 5.69 Å². The van der Waals surface area contributed by atoms with Crippen LogP contribution in [0.1, 0.15) is 31.9 Å². The second-order valence-electron chi connectivity index (χ2n) is 6.52. The zero-order chi connectivity index (χ0) is 16.2. The lowest BCUT2D eigenvalue weighted by atomic mass is 9.87. The summed E-state index contributed by atoms with van der Waals surface area (Å²) in [7, 11) is 0. The highest BCUT2D eigenvalue weighted by atomic mass is 16.5. The predicted molar refractivity (Wildman–Crippen MR) is 91.7 cm³/mol. The monoisotopic (exact) mass is 299 g/mol. The molecule has 0 fully saturated rings. The first-order valence-electron chi connectivity index (χ1n) is 7.58. The van der Waals surface area contributed by atoms with Gasteiger partial charge in [0.05, 0.1) is 5.69 Å². The molecule has 0 aliphatic carbocycles. The third-order valence-corrected chi connectivity index (χ3v) is 3.47. The van der Waals surface area contributed by atoms with E-state index in [1.165, 1.54) is 5.56 Å². The Kier molecular flexibility index (Phi) is 4.96. The molecule has 0 aliphatic rings. The number of benzene rings is 2. The van der Waals surface area contributed by atoms with Crippen LogP contribution < -0.4 is 15.2 Å². The Morgan fingerprint density at radius 3 is 2.36 bits per heavy atom. The van der Waals surface area contributed by atoms with E-state index in [0.29, 0.717) is 24.7 Å². The van der Waals surface area contributed by atoms with Gasteiger partial charge < -0.3 is 15.2 Å². The van der Waals surface area contributed by atoms with E-state index in [0.717, 1.165) is 11.3 Å². The Morgan fingerprint density at radius 1 is 0.955 bits per heavy atom. The standard InChI is InChI=1S/C19H25NO2/c1-14-8-9-18(17(20)12-14)22-11-10-21-16-7-5-6-15(13-16)19(2,3)4/h5-9,12-13H,10-11,20H2,1-4H3. The summed E-state index contributed by atoms with van der Waals surface area (Å²) in [5.41, 5.74) is 9.08. The molecule has 0 spiro atoms. The summed E-state index contributed by atoms with van der Waals surface area (Å²) >= 11 is 0. The van der Waals surface area contributed by atoms with Gasteiger partial charge in [-0.05, 0) is 47.7 Å². The molecule has 0 amide bonds. The zero-order valence-corrected chi connectivity index (χ0v) is 13.8. The van der Waals surface area contributed by atoms with Gasteiger partial charge in [-0.15, -0.1) is 0 Å². The van der Waals surface area contributed by atoms with Crippen molar-refractivity contribution in [3.05, 3.63) is 53.6 Å². The molecule has 0 saturated carbocycles. The fraction of sp³-hybridized carbons (Fsp3) is 0.368. The molecule has 3 nitrogen and oxygen atoms in total. The maximum atomic E-state index is 5.92. The number of ether oxygens (including phenoxy) is 2. The van der Waals surface area contributed by atoms with Gasteiger partial charge in [-0.25, -0.2) is 0 Å². The van der Waals surface area contributed by atoms with Crippen LogP contribution in [0, 0.1) is 6.92 Å². The van der Waals surface area contributed by atoms with Gasteiger partial charge in [-0.1, -0.05) is 39.0 Å². The van der Waals surface area contributed by atoms with E-state index < -0.39 is 0 Å². The van der Waals surface area contributed by atoms with Crippen molar-refractivity contribution in [1.82, 2.24) is 0 Å². The Balaban J connectivity index is 1.86. The van der Waals surface area contributed by atoms with Crippen molar-refractivity contribution in [3.8, 4) is 11.5 Å². The molecule has 0 radical (unpaired) electrons. The van der Waals surface area contributed by atoms with Gasteiger partial charge in [0.1, 0.15) is 24.7 Å². The largest absolute Gasteiger partial charge is 0.490 e. The number of anilines is 1. The van der Waals surface area contributed by atoms with Crippen molar-refractivity contribution in [1.29, 1.82) is 0 Å². The summed E-state index contributed by atoms with van der Waals surface area (Å²) in [6, 6.07) is 14.0. The highest BCUT2D eigenvalue weighted by Gasteiger charge is 2.13. The summed E-state index contributed by atoms with van der Waals surface area (Å²) in [6.07, 6.45) is 0. The molecule has 0 bridgehead atoms. The molecule has 118 valence electrons. The van der Waals surface area contributed by atoms with Crippen LogP contribution in [0.3, 0.4) is 0 Å². The quantitative estimate of drug-likeness (QED) is 0.660. The third kappa shape index (κ3) is 4.42. The smallest absolute Gasteiger partial charge is 0.142 e. The normalized spacial score (nSPS) is 11.3. The van der Waals surface area contributed by atoms with Crippen LogP contribution in [-0.4, -0.2) is 13.2 Å². The first kappa shape index (κ1) is 16.2. The van der Waals surface area contributed by atoms with E-state index >= 15 is 0 Å². The highest BCUT2D eigenvalue weighted by molar-refractivity contribution is 5.54. The summed E-state index contributed by atoms with van der Waals surface area (Å²) in [4.78, 5) is 0. The van der Waals surface area contributed by atoms with Crippen LogP contribution in [0.5, 0.6) is 11.5 Å². The number of nitrogens with two attached hydrogens (primary N) is 1. The molecule has 0 atom stereocenters. The molecule has 2 rings (SSSR count). The molecule has 2 aromatic rings. The van der Waals surface area contributed by atoms with E-state index in [4.69, 9.17) is 15.2 Å². The van der Waals surface area contributed by atoms with Gasteiger partial charge in [0.25, 0.3) is 0 Å². The Morgan fingerprint density at radius 2 is 1.68 bits per heavy atom. The topological polar surface area (TPSA) is 44.5 Å². The summed E-state index contributed by atoms with van der Waals surface area (Å²) < 4.78 is 11.4. The number of hydrogen-bond acceptors (Lipinski definition) is 3. The average Bonchev–Trinajstić information content (AvgIpc) is 2.45. The van der Waals surface area contributed by atoms with Gasteiger partial charge in [-0.3, -0.25) is 0 Å². The molecule has 0 aromatic heterocycles. The fourth-order valence-electron chi connectivity index (χ4n) is 2.16. The second-order valence-corrected chi connectivity index (χ2v) is 6.52. The molecule has 0 saturated heterocycles. The molecule has 0 heterocycles. The molecule has 22 heavy (non-hydrogen) atoms. The van der Waals surface area contributed by atoms with Gasteiger partial charge in [0, 0.05) is 0 Å². The minimum Gasteiger partial charge on any atom is -0.490 e. The molecule has 0 aliphatic heterocycles. The van der Waals surface area contributed by atoms with E-state index in [-0.39, 0.29) is 5.41 Å². The first-order valence-corrected chi connectivity index (χ1v) is 7.58. The number of nitrogen functional groups attached to an aromatic ring is 1. The first-order chi connectivity index (χ1) is 10.4. The van der Waals surface area contributed by atoms with Crippen molar-refractivity contribution >= 4 is 5.69 Å². The van der Waals surface area contributed by atoms with Crippen molar-refractivity contribution in [3.63, 3.8) is 0 Å². The SMILES string of the molecule is Cc1ccc(OCCOc2cccc(C(C)(C)C)c2)c(N)c1. The highest BCUT2D eigenvalue weighted by Crippen LogP contribution is 2.26. The van der Waals surface area contributed by atoms with Crippen molar-refractivity contribution < 1.29 is 9.47 Å². The maximum absolute atomic E-state index is 5.92. The van der Waals surface area contributed by atoms with Crippen LogP contribution >= 0.6 is 0 Å². The Labute approximate surface area is 133 Å². The van der Waals surface area contributed by atoms with Crippen molar-refractivity contribution in [2.45, 2.75) is 33.1 Å². The van der Waals surface area contributed by atoms with Crippen molar-refractivity contribution in [2.24, 2.45) is 0 Å². The van der Waals surface area contributed by atoms with Gasteiger partial charge in [-0.2, -0.15) is 0 Å². The van der Waals surface area contributed by atoms with Crippen LogP contribution in [0.25, 0.3) is 0 Å². The van der Waals surface area contributed by atoms with Gasteiger partial charge in [0.2, 0.25) is 0 Å². The second kappa shape index (κ2) is 6.73. The van der Waals surface area contributed by atoms with E-state index in [1.54, 1.807) is 0 Å².